The number of benzene rings is 2. The molecule has 0 radical (unpaired) electrons. The molecule has 166 valence electrons. The molecule has 0 bridgehead atoms. The lowest BCUT2D eigenvalue weighted by Gasteiger charge is -2.28. The van der Waals surface area contributed by atoms with Crippen molar-refractivity contribution < 1.29 is 23.8 Å². The van der Waals surface area contributed by atoms with Crippen LogP contribution in [-0.4, -0.2) is 69.8 Å². The van der Waals surface area contributed by atoms with E-state index in [0.717, 1.165) is 37.7 Å². The predicted octanol–water partition coefficient (Wildman–Crippen LogP) is 2.40. The minimum Gasteiger partial charge on any atom is -0.494 e. The number of carbonyl (C=O) groups is 2. The van der Waals surface area contributed by atoms with Crippen LogP contribution in [0.1, 0.15) is 6.92 Å². The lowest BCUT2D eigenvalue weighted by Crippen LogP contribution is -2.37. The van der Waals surface area contributed by atoms with Crippen molar-refractivity contribution >= 4 is 23.2 Å². The topological polar surface area (TPSA) is 80.3 Å². The van der Waals surface area contributed by atoms with Crippen molar-refractivity contribution in [1.82, 2.24) is 4.90 Å². The van der Waals surface area contributed by atoms with Gasteiger partial charge in [-0.25, -0.2) is 0 Å². The molecule has 1 saturated heterocycles. The monoisotopic (exact) mass is 427 g/mol. The normalized spacial score (nSPS) is 13.4. The zero-order valence-electron chi connectivity index (χ0n) is 18.0. The van der Waals surface area contributed by atoms with E-state index in [1.165, 1.54) is 4.90 Å². The van der Waals surface area contributed by atoms with Crippen molar-refractivity contribution in [2.45, 2.75) is 6.92 Å². The number of hydrogen-bond donors (Lipinski definition) is 1. The lowest BCUT2D eigenvalue weighted by atomic mass is 10.2. The van der Waals surface area contributed by atoms with Gasteiger partial charge >= 0.3 is 0 Å². The van der Waals surface area contributed by atoms with Crippen molar-refractivity contribution in [2.75, 3.05) is 63.3 Å². The van der Waals surface area contributed by atoms with Gasteiger partial charge in [-0.15, -0.1) is 0 Å². The highest BCUT2D eigenvalue weighted by Crippen LogP contribution is 2.19. The van der Waals surface area contributed by atoms with Gasteiger partial charge in [0.25, 0.3) is 5.91 Å². The van der Waals surface area contributed by atoms with Gasteiger partial charge in [0.2, 0.25) is 5.91 Å². The number of morpholine rings is 1. The number of hydrogen-bond acceptors (Lipinski definition) is 6. The molecule has 2 aromatic rings. The van der Waals surface area contributed by atoms with Gasteiger partial charge in [-0.05, 0) is 55.5 Å². The number of amides is 2. The molecule has 31 heavy (non-hydrogen) atoms. The molecule has 0 saturated carbocycles. The van der Waals surface area contributed by atoms with Crippen molar-refractivity contribution in [1.29, 1.82) is 0 Å². The van der Waals surface area contributed by atoms with Crippen molar-refractivity contribution in [2.24, 2.45) is 0 Å². The summed E-state index contributed by atoms with van der Waals surface area (Å²) in [6.07, 6.45) is 0. The average molecular weight is 428 g/mol. The number of carbonyl (C=O) groups excluding carboxylic acids is 2. The molecule has 0 unspecified atom stereocenters. The van der Waals surface area contributed by atoms with E-state index in [4.69, 9.17) is 14.2 Å². The Morgan fingerprint density at radius 3 is 2.23 bits per heavy atom. The van der Waals surface area contributed by atoms with E-state index < -0.39 is 0 Å². The largest absolute Gasteiger partial charge is 0.494 e. The Kier molecular flexibility index (Phi) is 8.12. The molecule has 1 aliphatic rings. The number of rotatable bonds is 9. The maximum atomic E-state index is 12.3. The second-order valence-electron chi connectivity index (χ2n) is 7.14. The van der Waals surface area contributed by atoms with Crippen LogP contribution < -0.4 is 19.7 Å². The molecular formula is C23H29N3O5. The van der Waals surface area contributed by atoms with E-state index in [0.29, 0.717) is 18.0 Å². The van der Waals surface area contributed by atoms with Crippen LogP contribution >= 0.6 is 0 Å². The molecule has 1 heterocycles. The Labute approximate surface area is 182 Å². The fourth-order valence-electron chi connectivity index (χ4n) is 3.14. The summed E-state index contributed by atoms with van der Waals surface area (Å²) in [7, 11) is 1.57. The predicted molar refractivity (Wildman–Crippen MR) is 119 cm³/mol. The molecule has 2 aromatic carbocycles. The Morgan fingerprint density at radius 1 is 1.00 bits per heavy atom. The number of ether oxygens (including phenoxy) is 3. The molecule has 3 rings (SSSR count). The number of likely N-dealkylation sites (N-methyl/N-ethyl adjacent to an activating group) is 1. The maximum Gasteiger partial charge on any atom is 0.260 e. The second kappa shape index (κ2) is 11.2. The Bertz CT molecular complexity index is 849. The molecule has 0 aromatic heterocycles. The molecule has 2 amide bonds. The fraction of sp³-hybridized carbons (Fsp3) is 0.391. The Morgan fingerprint density at radius 2 is 1.61 bits per heavy atom. The summed E-state index contributed by atoms with van der Waals surface area (Å²) >= 11 is 0. The van der Waals surface area contributed by atoms with Crippen LogP contribution in [0.15, 0.2) is 48.5 Å². The highest BCUT2D eigenvalue weighted by atomic mass is 16.5. The minimum atomic E-state index is -0.285. The van der Waals surface area contributed by atoms with Crippen LogP contribution in [0.2, 0.25) is 0 Å². The molecular weight excluding hydrogens is 398 g/mol. The third kappa shape index (κ3) is 6.89. The number of anilines is 2. The molecule has 0 spiro atoms. The van der Waals surface area contributed by atoms with Gasteiger partial charge in [-0.1, -0.05) is 0 Å². The summed E-state index contributed by atoms with van der Waals surface area (Å²) in [5.41, 5.74) is 1.79. The van der Waals surface area contributed by atoms with E-state index >= 15 is 0 Å². The van der Waals surface area contributed by atoms with Gasteiger partial charge in [0, 0.05) is 31.5 Å². The summed E-state index contributed by atoms with van der Waals surface area (Å²) in [6, 6.07) is 14.7. The van der Waals surface area contributed by atoms with Crippen LogP contribution in [0, 0.1) is 0 Å². The molecule has 8 heteroatoms. The highest BCUT2D eigenvalue weighted by Gasteiger charge is 2.15. The van der Waals surface area contributed by atoms with Gasteiger partial charge in [-0.2, -0.15) is 0 Å². The van der Waals surface area contributed by atoms with Gasteiger partial charge in [0.05, 0.1) is 26.4 Å². The third-order valence-corrected chi connectivity index (χ3v) is 4.83. The molecule has 1 fully saturated rings. The summed E-state index contributed by atoms with van der Waals surface area (Å²) in [5, 5.41) is 2.82. The third-order valence-electron chi connectivity index (χ3n) is 4.83. The molecule has 8 nitrogen and oxygen atoms in total. The van der Waals surface area contributed by atoms with Crippen LogP contribution in [0.5, 0.6) is 11.5 Å². The summed E-state index contributed by atoms with van der Waals surface area (Å²) < 4.78 is 16.2. The molecule has 0 atom stereocenters. The fourth-order valence-corrected chi connectivity index (χ4v) is 3.14. The van der Waals surface area contributed by atoms with Crippen LogP contribution in [0.4, 0.5) is 11.4 Å². The smallest absolute Gasteiger partial charge is 0.260 e. The van der Waals surface area contributed by atoms with Gasteiger partial charge < -0.3 is 29.3 Å². The minimum absolute atomic E-state index is 0.0588. The number of nitrogens with zero attached hydrogens (tertiary/aromatic N) is 2. The van der Waals surface area contributed by atoms with Crippen LogP contribution in [0.3, 0.4) is 0 Å². The van der Waals surface area contributed by atoms with E-state index in [1.807, 2.05) is 31.2 Å². The Hall–Kier alpha value is -3.26. The zero-order valence-corrected chi connectivity index (χ0v) is 18.0. The zero-order chi connectivity index (χ0) is 22.1. The van der Waals surface area contributed by atoms with Gasteiger partial charge in [0.1, 0.15) is 11.5 Å². The van der Waals surface area contributed by atoms with Gasteiger partial charge in [-0.3, -0.25) is 9.59 Å². The summed E-state index contributed by atoms with van der Waals surface area (Å²) in [5.74, 6) is 0.755. The lowest BCUT2D eigenvalue weighted by molar-refractivity contribution is -0.135. The van der Waals surface area contributed by atoms with Crippen molar-refractivity contribution in [3.05, 3.63) is 48.5 Å². The van der Waals surface area contributed by atoms with E-state index in [9.17, 15) is 9.59 Å². The van der Waals surface area contributed by atoms with Gasteiger partial charge in [0.15, 0.2) is 6.61 Å². The van der Waals surface area contributed by atoms with Crippen LogP contribution in [0.25, 0.3) is 0 Å². The van der Waals surface area contributed by atoms with Crippen molar-refractivity contribution in [3.8, 4) is 11.5 Å². The standard InChI is InChI=1S/C23H29N3O5/c1-3-30-20-8-10-21(11-9-20)31-17-23(28)25(2)16-22(27)24-18-4-6-19(7-5-18)26-12-14-29-15-13-26/h4-11H,3,12-17H2,1-2H3,(H,24,27). The van der Waals surface area contributed by atoms with E-state index in [-0.39, 0.29) is 25.0 Å². The average Bonchev–Trinajstić information content (AvgIpc) is 2.79. The Balaban J connectivity index is 1.42. The number of nitrogens with one attached hydrogen (secondary N) is 1. The highest BCUT2D eigenvalue weighted by molar-refractivity contribution is 5.94. The van der Waals surface area contributed by atoms with Crippen LogP contribution in [-0.2, 0) is 14.3 Å². The molecule has 0 aliphatic carbocycles. The first-order chi connectivity index (χ1) is 15.0. The van der Waals surface area contributed by atoms with E-state index in [1.54, 1.807) is 31.3 Å². The SMILES string of the molecule is CCOc1ccc(OCC(=O)N(C)CC(=O)Nc2ccc(N3CCOCC3)cc2)cc1. The maximum absolute atomic E-state index is 12.3. The molecule has 1 N–H and O–H groups in total. The first-order valence-electron chi connectivity index (χ1n) is 10.4. The summed E-state index contributed by atoms with van der Waals surface area (Å²) in [6.45, 7) is 5.46. The summed E-state index contributed by atoms with van der Waals surface area (Å²) in [4.78, 5) is 28.2. The van der Waals surface area contributed by atoms with Crippen molar-refractivity contribution in [3.63, 3.8) is 0 Å². The first kappa shape index (κ1) is 22.4. The first-order valence-corrected chi connectivity index (χ1v) is 10.4. The quantitative estimate of drug-likeness (QED) is 0.662. The second-order valence-corrected chi connectivity index (χ2v) is 7.14. The molecule has 1 aliphatic heterocycles. The van der Waals surface area contributed by atoms with E-state index in [2.05, 4.69) is 10.2 Å².